The lowest BCUT2D eigenvalue weighted by Gasteiger charge is -2.10. The Hall–Kier alpha value is -4.20. The number of aromatic amines is 1. The number of aromatic nitrogens is 2. The molecule has 0 amide bonds. The number of para-hydroxylation sites is 1. The van der Waals surface area contributed by atoms with Crippen molar-refractivity contribution in [3.63, 3.8) is 0 Å². The van der Waals surface area contributed by atoms with Crippen LogP contribution in [0.25, 0.3) is 17.3 Å². The maximum Gasteiger partial charge on any atom is 0.335 e. The second-order valence-corrected chi connectivity index (χ2v) is 6.06. The van der Waals surface area contributed by atoms with Crippen molar-refractivity contribution in [2.24, 2.45) is 4.99 Å². The van der Waals surface area contributed by atoms with Crippen LogP contribution >= 0.6 is 0 Å². The van der Waals surface area contributed by atoms with E-state index in [4.69, 9.17) is 5.11 Å². The molecule has 3 aromatic rings. The van der Waals surface area contributed by atoms with Crippen molar-refractivity contribution < 1.29 is 15.0 Å². The first kappa shape index (κ1) is 17.2. The maximum absolute atomic E-state index is 12.3. The van der Waals surface area contributed by atoms with Gasteiger partial charge in [0.2, 0.25) is 5.88 Å². The Kier molecular flexibility index (Phi) is 4.00. The normalized spacial score (nSPS) is 13.6. The van der Waals surface area contributed by atoms with Crippen molar-refractivity contribution in [3.05, 3.63) is 86.1 Å². The van der Waals surface area contributed by atoms with Gasteiger partial charge in [-0.2, -0.15) is 0 Å². The number of aromatic carboxylic acids is 1. The molecule has 0 radical (unpaired) electrons. The number of aromatic hydroxyl groups is 1. The first-order chi connectivity index (χ1) is 13.5. The Morgan fingerprint density at radius 1 is 1.07 bits per heavy atom. The molecule has 1 aliphatic rings. The van der Waals surface area contributed by atoms with Crippen LogP contribution in [-0.4, -0.2) is 31.9 Å². The minimum Gasteiger partial charge on any atom is -0.494 e. The van der Waals surface area contributed by atoms with E-state index in [1.807, 2.05) is 24.3 Å². The van der Waals surface area contributed by atoms with E-state index < -0.39 is 23.1 Å². The van der Waals surface area contributed by atoms with Gasteiger partial charge in [-0.1, -0.05) is 18.2 Å². The summed E-state index contributed by atoms with van der Waals surface area (Å²) in [4.78, 5) is 42.0. The third-order valence-electron chi connectivity index (χ3n) is 4.35. The maximum atomic E-state index is 12.3. The predicted molar refractivity (Wildman–Crippen MR) is 104 cm³/mol. The first-order valence-corrected chi connectivity index (χ1v) is 8.23. The molecule has 0 spiro atoms. The summed E-state index contributed by atoms with van der Waals surface area (Å²) in [6.07, 6.45) is 3.02. The number of rotatable bonds is 3. The van der Waals surface area contributed by atoms with E-state index in [2.05, 4.69) is 9.98 Å². The second kappa shape index (κ2) is 6.51. The second-order valence-electron chi connectivity index (χ2n) is 6.06. The van der Waals surface area contributed by atoms with Gasteiger partial charge in [-0.25, -0.2) is 14.2 Å². The van der Waals surface area contributed by atoms with E-state index in [-0.39, 0.29) is 16.8 Å². The molecule has 8 nitrogen and oxygen atoms in total. The molecule has 28 heavy (non-hydrogen) atoms. The molecule has 0 bridgehead atoms. The standard InChI is InChI=1S/C20H13N3O5/c24-17-15(9-12-10-21-16-4-2-1-3-14(12)16)18(25)23(20(28)22-17)13-7-5-11(6-8-13)19(26)27/h1-10,25H,(H,26,27)(H,22,24,28). The summed E-state index contributed by atoms with van der Waals surface area (Å²) in [5.74, 6) is -1.67. The summed E-state index contributed by atoms with van der Waals surface area (Å²) < 4.78 is 0.900. The van der Waals surface area contributed by atoms with Crippen LogP contribution in [0.2, 0.25) is 0 Å². The molecular weight excluding hydrogens is 362 g/mol. The lowest BCUT2D eigenvalue weighted by atomic mass is 10.1. The topological polar surface area (TPSA) is 125 Å². The first-order valence-electron chi connectivity index (χ1n) is 8.23. The van der Waals surface area contributed by atoms with Crippen LogP contribution in [0, 0.1) is 0 Å². The van der Waals surface area contributed by atoms with Gasteiger partial charge < -0.3 is 10.2 Å². The van der Waals surface area contributed by atoms with Gasteiger partial charge in [0.25, 0.3) is 5.56 Å². The van der Waals surface area contributed by atoms with Crippen molar-refractivity contribution in [2.45, 2.75) is 0 Å². The average Bonchev–Trinajstić information content (AvgIpc) is 3.08. The fraction of sp³-hybridized carbons (Fsp3) is 0. The van der Waals surface area contributed by atoms with Crippen molar-refractivity contribution in [3.8, 4) is 11.6 Å². The smallest absolute Gasteiger partial charge is 0.335 e. The van der Waals surface area contributed by atoms with Gasteiger partial charge in [-0.15, -0.1) is 0 Å². The molecule has 3 N–H and O–H groups in total. The van der Waals surface area contributed by atoms with Crippen molar-refractivity contribution >= 4 is 29.5 Å². The SMILES string of the molecule is O=C(O)c1ccc(-n2c(O)c(C=C3C=Nc4ccccc43)c(=O)[nH]c2=O)cc1. The number of carbonyl (C=O) groups is 1. The molecule has 2 aromatic carbocycles. The van der Waals surface area contributed by atoms with E-state index >= 15 is 0 Å². The fourth-order valence-corrected chi connectivity index (χ4v) is 2.97. The largest absolute Gasteiger partial charge is 0.494 e. The Bertz CT molecular complexity index is 1280. The summed E-state index contributed by atoms with van der Waals surface area (Å²) >= 11 is 0. The van der Waals surface area contributed by atoms with E-state index in [1.165, 1.54) is 30.3 Å². The van der Waals surface area contributed by atoms with E-state index in [0.717, 1.165) is 15.8 Å². The molecule has 1 aromatic heterocycles. The van der Waals surface area contributed by atoms with Crippen LogP contribution in [0.1, 0.15) is 21.5 Å². The molecule has 0 saturated carbocycles. The van der Waals surface area contributed by atoms with Crippen LogP contribution in [0.5, 0.6) is 5.88 Å². The van der Waals surface area contributed by atoms with Gasteiger partial charge in [0.1, 0.15) is 5.56 Å². The zero-order chi connectivity index (χ0) is 19.8. The number of carboxylic acids is 1. The highest BCUT2D eigenvalue weighted by Gasteiger charge is 2.17. The van der Waals surface area contributed by atoms with Gasteiger partial charge in [-0.3, -0.25) is 14.8 Å². The highest BCUT2D eigenvalue weighted by atomic mass is 16.4. The van der Waals surface area contributed by atoms with Gasteiger partial charge >= 0.3 is 11.7 Å². The number of H-pyrrole nitrogens is 1. The Balaban J connectivity index is 1.87. The Morgan fingerprint density at radius 3 is 2.50 bits per heavy atom. The third-order valence-corrected chi connectivity index (χ3v) is 4.35. The molecule has 138 valence electrons. The molecule has 0 fully saturated rings. The predicted octanol–water partition coefficient (Wildman–Crippen LogP) is 2.19. The minimum absolute atomic E-state index is 0.0295. The molecule has 4 rings (SSSR count). The number of aliphatic imine (C=N–C) groups is 1. The number of fused-ring (bicyclic) bond motifs is 1. The van der Waals surface area contributed by atoms with Crippen molar-refractivity contribution in [2.75, 3.05) is 0 Å². The van der Waals surface area contributed by atoms with Crippen LogP contribution in [0.3, 0.4) is 0 Å². The zero-order valence-corrected chi connectivity index (χ0v) is 14.3. The molecule has 8 heteroatoms. The van der Waals surface area contributed by atoms with Gasteiger partial charge in [-0.05, 0) is 36.4 Å². The third kappa shape index (κ3) is 2.82. The monoisotopic (exact) mass is 375 g/mol. The molecule has 0 atom stereocenters. The van der Waals surface area contributed by atoms with Crippen LogP contribution in [0.15, 0.2) is 63.1 Å². The van der Waals surface area contributed by atoms with Gasteiger partial charge in [0.05, 0.1) is 16.9 Å². The summed E-state index contributed by atoms with van der Waals surface area (Å²) in [5.41, 5.74) is 0.695. The molecular formula is C20H13N3O5. The summed E-state index contributed by atoms with van der Waals surface area (Å²) in [5, 5.41) is 19.6. The Morgan fingerprint density at radius 2 is 1.79 bits per heavy atom. The van der Waals surface area contributed by atoms with E-state index in [0.29, 0.717) is 5.57 Å². The number of hydrogen-bond donors (Lipinski definition) is 3. The lowest BCUT2D eigenvalue weighted by Crippen LogP contribution is -2.30. The summed E-state index contributed by atoms with van der Waals surface area (Å²) in [6, 6.07) is 12.7. The summed E-state index contributed by atoms with van der Waals surface area (Å²) in [6.45, 7) is 0. The number of benzene rings is 2. The van der Waals surface area contributed by atoms with Gasteiger partial charge in [0.15, 0.2) is 0 Å². The minimum atomic E-state index is -1.12. The number of hydrogen-bond acceptors (Lipinski definition) is 5. The lowest BCUT2D eigenvalue weighted by molar-refractivity contribution is 0.0697. The van der Waals surface area contributed by atoms with Crippen molar-refractivity contribution in [1.29, 1.82) is 0 Å². The molecule has 0 saturated heterocycles. The zero-order valence-electron chi connectivity index (χ0n) is 14.3. The van der Waals surface area contributed by atoms with E-state index in [1.54, 1.807) is 6.21 Å². The van der Waals surface area contributed by atoms with E-state index in [9.17, 15) is 19.5 Å². The molecule has 1 aliphatic heterocycles. The number of nitrogens with one attached hydrogen (secondary N) is 1. The number of nitrogens with zero attached hydrogens (tertiary/aromatic N) is 2. The van der Waals surface area contributed by atoms with Gasteiger partial charge in [0, 0.05) is 17.4 Å². The highest BCUT2D eigenvalue weighted by Crippen LogP contribution is 2.32. The molecule has 0 aliphatic carbocycles. The van der Waals surface area contributed by atoms with Crippen LogP contribution in [0.4, 0.5) is 5.69 Å². The molecule has 2 heterocycles. The quantitative estimate of drug-likeness (QED) is 0.647. The fourth-order valence-electron chi connectivity index (χ4n) is 2.97. The molecule has 0 unspecified atom stereocenters. The number of allylic oxidation sites excluding steroid dienone is 1. The van der Waals surface area contributed by atoms with Crippen LogP contribution in [-0.2, 0) is 0 Å². The van der Waals surface area contributed by atoms with Crippen LogP contribution < -0.4 is 11.2 Å². The average molecular weight is 375 g/mol. The highest BCUT2D eigenvalue weighted by molar-refractivity contribution is 6.21. The summed E-state index contributed by atoms with van der Waals surface area (Å²) in [7, 11) is 0. The Labute approximate surface area is 157 Å². The number of carboxylic acid groups (broad SMARTS) is 1. The van der Waals surface area contributed by atoms with Crippen molar-refractivity contribution in [1.82, 2.24) is 9.55 Å².